The molecule has 0 spiro atoms. The van der Waals surface area contributed by atoms with E-state index in [1.807, 2.05) is 24.5 Å². The number of nitrogens with zero attached hydrogens (tertiary/aromatic N) is 5. The summed E-state index contributed by atoms with van der Waals surface area (Å²) in [6.45, 7) is 5.35. The lowest BCUT2D eigenvalue weighted by molar-refractivity contribution is -0.119. The van der Waals surface area contributed by atoms with Gasteiger partial charge < -0.3 is 4.90 Å². The van der Waals surface area contributed by atoms with Crippen molar-refractivity contribution in [1.82, 2.24) is 25.0 Å². The molecule has 6 nitrogen and oxygen atoms in total. The van der Waals surface area contributed by atoms with Crippen molar-refractivity contribution in [2.75, 3.05) is 33.2 Å². The number of hydrogen-bond acceptors (Lipinski definition) is 6. The molecule has 154 valence electrons. The predicted octanol–water partition coefficient (Wildman–Crippen LogP) is 2.96. The summed E-state index contributed by atoms with van der Waals surface area (Å²) in [6.07, 6.45) is 6.33. The highest BCUT2D eigenvalue weighted by Crippen LogP contribution is 2.31. The zero-order valence-corrected chi connectivity index (χ0v) is 17.4. The summed E-state index contributed by atoms with van der Waals surface area (Å²) < 4.78 is 0. The van der Waals surface area contributed by atoms with Gasteiger partial charge in [0.25, 0.3) is 0 Å². The summed E-state index contributed by atoms with van der Waals surface area (Å²) in [7, 11) is 2.18. The third kappa shape index (κ3) is 4.40. The second kappa shape index (κ2) is 8.20. The zero-order valence-electron chi connectivity index (χ0n) is 17.4. The molecule has 0 atom stereocenters. The summed E-state index contributed by atoms with van der Waals surface area (Å²) in [4.78, 5) is 21.5. The van der Waals surface area contributed by atoms with Crippen molar-refractivity contribution in [2.24, 2.45) is 5.92 Å². The number of pyridine rings is 1. The number of aromatic nitrogens is 3. The van der Waals surface area contributed by atoms with Gasteiger partial charge in [0, 0.05) is 62.0 Å². The van der Waals surface area contributed by atoms with Crippen LogP contribution in [0, 0.1) is 5.92 Å². The summed E-state index contributed by atoms with van der Waals surface area (Å²) >= 11 is 0. The number of likely N-dealkylation sites (N-methyl/N-ethyl adjacent to an activating group) is 1. The lowest BCUT2D eigenvalue weighted by Crippen LogP contribution is -2.43. The molecule has 1 saturated heterocycles. The summed E-state index contributed by atoms with van der Waals surface area (Å²) in [5, 5.41) is 9.59. The number of ketones is 1. The van der Waals surface area contributed by atoms with Crippen molar-refractivity contribution in [3.8, 4) is 11.1 Å². The molecule has 2 aliphatic rings. The minimum atomic E-state index is 0.253. The number of hydrogen-bond donors (Lipinski definition) is 0. The molecule has 3 heterocycles. The first kappa shape index (κ1) is 19.3. The average molecular weight is 402 g/mol. The van der Waals surface area contributed by atoms with Gasteiger partial charge in [0.05, 0.1) is 17.6 Å². The molecule has 2 fully saturated rings. The van der Waals surface area contributed by atoms with Gasteiger partial charge in [-0.1, -0.05) is 6.07 Å². The van der Waals surface area contributed by atoms with Crippen LogP contribution in [0.5, 0.6) is 0 Å². The van der Waals surface area contributed by atoms with Crippen molar-refractivity contribution in [1.29, 1.82) is 0 Å². The lowest BCUT2D eigenvalue weighted by atomic mass is 10.0. The minimum absolute atomic E-state index is 0.253. The van der Waals surface area contributed by atoms with Crippen LogP contribution >= 0.6 is 0 Å². The van der Waals surface area contributed by atoms with E-state index in [1.54, 1.807) is 0 Å². The molecule has 6 heteroatoms. The maximum atomic E-state index is 12.1. The van der Waals surface area contributed by atoms with Crippen LogP contribution in [-0.4, -0.2) is 64.0 Å². The first-order chi connectivity index (χ1) is 14.6. The van der Waals surface area contributed by atoms with E-state index in [2.05, 4.69) is 50.2 Å². The summed E-state index contributed by atoms with van der Waals surface area (Å²) in [6, 6.07) is 10.4. The van der Waals surface area contributed by atoms with E-state index in [-0.39, 0.29) is 5.92 Å². The Hall–Kier alpha value is -2.70. The highest BCUT2D eigenvalue weighted by Gasteiger charge is 2.29. The molecule has 0 unspecified atom stereocenters. The Balaban J connectivity index is 1.36. The summed E-state index contributed by atoms with van der Waals surface area (Å²) in [5.74, 6) is 0.545. The van der Waals surface area contributed by atoms with Crippen LogP contribution in [0.1, 0.15) is 24.1 Å². The van der Waals surface area contributed by atoms with Crippen molar-refractivity contribution < 1.29 is 4.79 Å². The molecule has 1 aliphatic heterocycles. The minimum Gasteiger partial charge on any atom is -0.304 e. The third-order valence-corrected chi connectivity index (χ3v) is 6.15. The maximum absolute atomic E-state index is 12.1. The fourth-order valence-electron chi connectivity index (χ4n) is 4.08. The number of piperazine rings is 1. The van der Waals surface area contributed by atoms with Crippen LogP contribution in [0.4, 0.5) is 0 Å². The van der Waals surface area contributed by atoms with Crippen molar-refractivity contribution in [2.45, 2.75) is 25.8 Å². The molecule has 1 saturated carbocycles. The van der Waals surface area contributed by atoms with Crippen LogP contribution in [0.3, 0.4) is 0 Å². The van der Waals surface area contributed by atoms with Crippen molar-refractivity contribution in [3.05, 3.63) is 54.0 Å². The molecule has 1 aliphatic carbocycles. The van der Waals surface area contributed by atoms with Gasteiger partial charge in [-0.2, -0.15) is 10.2 Å². The number of benzene rings is 1. The monoisotopic (exact) mass is 401 g/mol. The van der Waals surface area contributed by atoms with Gasteiger partial charge in [0.15, 0.2) is 0 Å². The van der Waals surface area contributed by atoms with Gasteiger partial charge in [-0.3, -0.25) is 14.7 Å². The van der Waals surface area contributed by atoms with E-state index in [0.717, 1.165) is 73.3 Å². The molecule has 1 aromatic carbocycles. The van der Waals surface area contributed by atoms with E-state index >= 15 is 0 Å². The zero-order chi connectivity index (χ0) is 20.5. The first-order valence-corrected chi connectivity index (χ1v) is 10.8. The molecule has 5 rings (SSSR count). The Morgan fingerprint density at radius 3 is 2.63 bits per heavy atom. The molecule has 0 bridgehead atoms. The second-order valence-electron chi connectivity index (χ2n) is 8.69. The van der Waals surface area contributed by atoms with Gasteiger partial charge >= 0.3 is 0 Å². The number of carbonyl (C=O) groups is 1. The Labute approximate surface area is 176 Å². The van der Waals surface area contributed by atoms with Gasteiger partial charge in [0.2, 0.25) is 0 Å². The van der Waals surface area contributed by atoms with Gasteiger partial charge in [-0.25, -0.2) is 0 Å². The average Bonchev–Trinajstić information content (AvgIpc) is 3.61. The van der Waals surface area contributed by atoms with E-state index in [4.69, 9.17) is 0 Å². The highest BCUT2D eigenvalue weighted by molar-refractivity contribution is 5.87. The molecular formula is C24H27N5O. The van der Waals surface area contributed by atoms with E-state index in [1.165, 1.54) is 5.56 Å². The van der Waals surface area contributed by atoms with Crippen LogP contribution in [0.15, 0.2) is 42.7 Å². The summed E-state index contributed by atoms with van der Waals surface area (Å²) in [5.41, 5.74) is 5.07. The number of Topliss-reactive ketones (excluding diaryl/α,β-unsaturated/α-hetero) is 1. The Kier molecular flexibility index (Phi) is 5.27. The first-order valence-electron chi connectivity index (χ1n) is 10.8. The van der Waals surface area contributed by atoms with Crippen molar-refractivity contribution >= 4 is 16.7 Å². The van der Waals surface area contributed by atoms with Gasteiger partial charge in [-0.15, -0.1) is 0 Å². The fraction of sp³-hybridized carbons (Fsp3) is 0.417. The smallest absolute Gasteiger partial charge is 0.141 e. The number of fused-ring (bicyclic) bond motifs is 1. The normalized spacial score (nSPS) is 18.0. The largest absolute Gasteiger partial charge is 0.304 e. The molecule has 2 aromatic heterocycles. The van der Waals surface area contributed by atoms with E-state index in [0.29, 0.717) is 12.2 Å². The molecule has 0 amide bonds. The Bertz CT molecular complexity index is 1070. The van der Waals surface area contributed by atoms with Crippen LogP contribution < -0.4 is 0 Å². The second-order valence-corrected chi connectivity index (χ2v) is 8.69. The molecule has 0 radical (unpaired) electrons. The van der Waals surface area contributed by atoms with E-state index < -0.39 is 0 Å². The predicted molar refractivity (Wildman–Crippen MR) is 117 cm³/mol. The molecule has 3 aromatic rings. The molecule has 0 N–H and O–H groups in total. The van der Waals surface area contributed by atoms with Gasteiger partial charge in [-0.05, 0) is 55.3 Å². The lowest BCUT2D eigenvalue weighted by Gasteiger charge is -2.32. The van der Waals surface area contributed by atoms with Crippen LogP contribution in [0.25, 0.3) is 22.0 Å². The van der Waals surface area contributed by atoms with Crippen LogP contribution in [-0.2, 0) is 17.8 Å². The SMILES string of the molecule is CN1CCN(Cc2cncc(-c3ccc4nnc(CC(=O)C5CC5)cc4c3)c2)CC1. The van der Waals surface area contributed by atoms with Crippen molar-refractivity contribution in [3.63, 3.8) is 0 Å². The number of carbonyl (C=O) groups excluding carboxylic acids is 1. The van der Waals surface area contributed by atoms with E-state index in [9.17, 15) is 4.79 Å². The third-order valence-electron chi connectivity index (χ3n) is 6.15. The topological polar surface area (TPSA) is 62.2 Å². The molecular weight excluding hydrogens is 374 g/mol. The Morgan fingerprint density at radius 1 is 1.00 bits per heavy atom. The van der Waals surface area contributed by atoms with Gasteiger partial charge in [0.1, 0.15) is 5.78 Å². The molecule has 30 heavy (non-hydrogen) atoms. The quantitative estimate of drug-likeness (QED) is 0.633. The highest BCUT2D eigenvalue weighted by atomic mass is 16.1. The van der Waals surface area contributed by atoms with Crippen LogP contribution in [0.2, 0.25) is 0 Å². The maximum Gasteiger partial charge on any atom is 0.141 e. The fourth-order valence-corrected chi connectivity index (χ4v) is 4.08. The Morgan fingerprint density at radius 2 is 1.83 bits per heavy atom. The number of rotatable bonds is 6. The standard InChI is InChI=1S/C24H27N5O/c1-28-6-8-29(9-7-28)16-17-10-21(15-25-14-17)19-4-5-23-20(11-19)12-22(26-27-23)13-24(30)18-2-3-18/h4-5,10-12,14-15,18H,2-3,6-9,13,16H2,1H3.